The third kappa shape index (κ3) is 2.90. The molecule has 4 nitrogen and oxygen atoms in total. The molecule has 0 aliphatic carbocycles. The molecule has 0 saturated carbocycles. The van der Waals surface area contributed by atoms with Crippen LogP contribution in [0.5, 0.6) is 5.75 Å². The van der Waals surface area contributed by atoms with Crippen molar-refractivity contribution in [2.75, 3.05) is 7.11 Å². The van der Waals surface area contributed by atoms with Crippen molar-refractivity contribution in [3.63, 3.8) is 0 Å². The summed E-state index contributed by atoms with van der Waals surface area (Å²) >= 11 is 0. The summed E-state index contributed by atoms with van der Waals surface area (Å²) in [6, 6.07) is 11.1. The first-order chi connectivity index (χ1) is 8.83. The highest BCUT2D eigenvalue weighted by molar-refractivity contribution is 5.45. The van der Waals surface area contributed by atoms with Gasteiger partial charge in [-0.3, -0.25) is 0 Å². The quantitative estimate of drug-likeness (QED) is 0.810. The average molecular weight is 243 g/mol. The van der Waals surface area contributed by atoms with E-state index in [1.165, 1.54) is 0 Å². The molecule has 0 aliphatic rings. The van der Waals surface area contributed by atoms with Crippen LogP contribution >= 0.6 is 0 Å². The smallest absolute Gasteiger partial charge is 0.136 e. The van der Waals surface area contributed by atoms with Crippen LogP contribution in [-0.2, 0) is 18.0 Å². The molecule has 92 valence electrons. The predicted octanol–water partition coefficient (Wildman–Crippen LogP) is 2.88. The molecule has 0 amide bonds. The molecule has 0 saturated heterocycles. The van der Waals surface area contributed by atoms with Gasteiger partial charge in [-0.05, 0) is 29.8 Å². The standard InChI is InChI=1S/C14H13NO3/c1-16-14-7-11(4-5-12(14)8-15)9-17-10-13-3-2-6-18-13/h2-7H,9-10H2,1H3. The zero-order valence-corrected chi connectivity index (χ0v) is 10.1. The highest BCUT2D eigenvalue weighted by Crippen LogP contribution is 2.20. The number of benzene rings is 1. The fourth-order valence-electron chi connectivity index (χ4n) is 1.58. The van der Waals surface area contributed by atoms with Crippen molar-refractivity contribution in [3.05, 3.63) is 53.5 Å². The van der Waals surface area contributed by atoms with E-state index >= 15 is 0 Å². The Morgan fingerprint density at radius 1 is 1.28 bits per heavy atom. The van der Waals surface area contributed by atoms with E-state index in [0.717, 1.165) is 11.3 Å². The summed E-state index contributed by atoms with van der Waals surface area (Å²) in [7, 11) is 1.55. The van der Waals surface area contributed by atoms with Gasteiger partial charge >= 0.3 is 0 Å². The number of nitrogens with zero attached hydrogens (tertiary/aromatic N) is 1. The van der Waals surface area contributed by atoms with E-state index in [1.54, 1.807) is 25.5 Å². The lowest BCUT2D eigenvalue weighted by Crippen LogP contribution is -1.95. The molecule has 0 spiro atoms. The van der Waals surface area contributed by atoms with E-state index in [4.69, 9.17) is 19.2 Å². The largest absolute Gasteiger partial charge is 0.495 e. The lowest BCUT2D eigenvalue weighted by atomic mass is 10.1. The first-order valence-electron chi connectivity index (χ1n) is 5.50. The SMILES string of the molecule is COc1cc(COCc2ccco2)ccc1C#N. The van der Waals surface area contributed by atoms with Crippen LogP contribution in [0.1, 0.15) is 16.9 Å². The second-order valence-corrected chi connectivity index (χ2v) is 3.72. The van der Waals surface area contributed by atoms with Crippen LogP contribution in [0.3, 0.4) is 0 Å². The molecular weight excluding hydrogens is 230 g/mol. The van der Waals surface area contributed by atoms with Crippen molar-refractivity contribution in [2.45, 2.75) is 13.2 Å². The second kappa shape index (κ2) is 5.89. The number of rotatable bonds is 5. The van der Waals surface area contributed by atoms with E-state index in [9.17, 15) is 0 Å². The van der Waals surface area contributed by atoms with Crippen LogP contribution < -0.4 is 4.74 Å². The minimum atomic E-state index is 0.426. The highest BCUT2D eigenvalue weighted by Gasteiger charge is 2.04. The molecule has 0 radical (unpaired) electrons. The van der Waals surface area contributed by atoms with Gasteiger partial charge in [0.2, 0.25) is 0 Å². The Morgan fingerprint density at radius 2 is 2.17 bits per heavy atom. The third-order valence-electron chi connectivity index (χ3n) is 2.48. The van der Waals surface area contributed by atoms with Crippen LogP contribution in [0.2, 0.25) is 0 Å². The lowest BCUT2D eigenvalue weighted by molar-refractivity contribution is 0.0928. The summed E-state index contributed by atoms with van der Waals surface area (Å²) < 4.78 is 15.8. The number of furan rings is 1. The van der Waals surface area contributed by atoms with Crippen molar-refractivity contribution < 1.29 is 13.9 Å². The molecule has 2 rings (SSSR count). The first kappa shape index (κ1) is 12.2. The Hall–Kier alpha value is -2.25. The lowest BCUT2D eigenvalue weighted by Gasteiger charge is -2.06. The molecular formula is C14H13NO3. The molecule has 0 aliphatic heterocycles. The first-order valence-corrected chi connectivity index (χ1v) is 5.50. The van der Waals surface area contributed by atoms with Gasteiger partial charge in [0.25, 0.3) is 0 Å². The van der Waals surface area contributed by atoms with E-state index in [0.29, 0.717) is 24.5 Å². The monoisotopic (exact) mass is 243 g/mol. The summed E-state index contributed by atoms with van der Waals surface area (Å²) in [5, 5.41) is 8.87. The van der Waals surface area contributed by atoms with Gasteiger partial charge in [-0.25, -0.2) is 0 Å². The minimum Gasteiger partial charge on any atom is -0.495 e. The van der Waals surface area contributed by atoms with Crippen LogP contribution in [-0.4, -0.2) is 7.11 Å². The van der Waals surface area contributed by atoms with Crippen molar-refractivity contribution in [2.24, 2.45) is 0 Å². The molecule has 0 atom stereocenters. The third-order valence-corrected chi connectivity index (χ3v) is 2.48. The zero-order chi connectivity index (χ0) is 12.8. The van der Waals surface area contributed by atoms with E-state index < -0.39 is 0 Å². The molecule has 1 aromatic heterocycles. The Balaban J connectivity index is 1.95. The summed E-state index contributed by atoms with van der Waals surface area (Å²) in [5.74, 6) is 1.35. The summed E-state index contributed by atoms with van der Waals surface area (Å²) in [4.78, 5) is 0. The Labute approximate surface area is 105 Å². The number of hydrogen-bond acceptors (Lipinski definition) is 4. The maximum Gasteiger partial charge on any atom is 0.136 e. The van der Waals surface area contributed by atoms with E-state index in [2.05, 4.69) is 6.07 Å². The maximum absolute atomic E-state index is 8.87. The molecule has 0 fully saturated rings. The maximum atomic E-state index is 8.87. The van der Waals surface area contributed by atoms with Crippen molar-refractivity contribution in [1.29, 1.82) is 5.26 Å². The van der Waals surface area contributed by atoms with Crippen molar-refractivity contribution in [3.8, 4) is 11.8 Å². The number of nitriles is 1. The zero-order valence-electron chi connectivity index (χ0n) is 10.1. The molecule has 4 heteroatoms. The van der Waals surface area contributed by atoms with Gasteiger partial charge in [-0.15, -0.1) is 0 Å². The number of ether oxygens (including phenoxy) is 2. The molecule has 1 aromatic carbocycles. The van der Waals surface area contributed by atoms with Gasteiger partial charge in [0.05, 0.1) is 25.5 Å². The van der Waals surface area contributed by atoms with Crippen molar-refractivity contribution in [1.82, 2.24) is 0 Å². The van der Waals surface area contributed by atoms with Gasteiger partial charge in [-0.2, -0.15) is 5.26 Å². The Kier molecular flexibility index (Phi) is 4.00. The fourth-order valence-corrected chi connectivity index (χ4v) is 1.58. The summed E-state index contributed by atoms with van der Waals surface area (Å²) in [5.41, 5.74) is 1.48. The van der Waals surface area contributed by atoms with Gasteiger partial charge < -0.3 is 13.9 Å². The molecule has 1 heterocycles. The molecule has 0 N–H and O–H groups in total. The average Bonchev–Trinajstić information content (AvgIpc) is 2.91. The second-order valence-electron chi connectivity index (χ2n) is 3.72. The number of methoxy groups -OCH3 is 1. The summed E-state index contributed by atoms with van der Waals surface area (Å²) in [6.07, 6.45) is 1.61. The van der Waals surface area contributed by atoms with Gasteiger partial charge in [0.15, 0.2) is 0 Å². The van der Waals surface area contributed by atoms with Gasteiger partial charge in [0, 0.05) is 0 Å². The molecule has 18 heavy (non-hydrogen) atoms. The van der Waals surface area contributed by atoms with Gasteiger partial charge in [-0.1, -0.05) is 6.07 Å². The van der Waals surface area contributed by atoms with Gasteiger partial charge in [0.1, 0.15) is 24.2 Å². The predicted molar refractivity (Wildman–Crippen MR) is 64.9 cm³/mol. The Bertz CT molecular complexity index is 541. The normalized spacial score (nSPS) is 10.0. The van der Waals surface area contributed by atoms with Crippen LogP contribution in [0.4, 0.5) is 0 Å². The molecule has 0 bridgehead atoms. The van der Waals surface area contributed by atoms with E-state index in [1.807, 2.05) is 18.2 Å². The topological polar surface area (TPSA) is 55.4 Å². The molecule has 0 unspecified atom stereocenters. The highest BCUT2D eigenvalue weighted by atomic mass is 16.5. The van der Waals surface area contributed by atoms with Crippen LogP contribution in [0.15, 0.2) is 41.0 Å². The number of hydrogen-bond donors (Lipinski definition) is 0. The Morgan fingerprint density at radius 3 is 2.83 bits per heavy atom. The van der Waals surface area contributed by atoms with Crippen molar-refractivity contribution >= 4 is 0 Å². The fraction of sp³-hybridized carbons (Fsp3) is 0.214. The van der Waals surface area contributed by atoms with Crippen LogP contribution in [0, 0.1) is 11.3 Å². The minimum absolute atomic E-state index is 0.426. The molecule has 2 aromatic rings. The van der Waals surface area contributed by atoms with E-state index in [-0.39, 0.29) is 0 Å². The van der Waals surface area contributed by atoms with Crippen LogP contribution in [0.25, 0.3) is 0 Å². The summed E-state index contributed by atoms with van der Waals surface area (Å²) in [6.45, 7) is 0.873.